The summed E-state index contributed by atoms with van der Waals surface area (Å²) in [6.45, 7) is 9.91. The van der Waals surface area contributed by atoms with Gasteiger partial charge in [0, 0.05) is 11.0 Å². The molecule has 1 aromatic rings. The molecular weight excluding hydrogens is 172 g/mol. The van der Waals surface area contributed by atoms with Crippen molar-refractivity contribution in [2.75, 3.05) is 0 Å². The Kier molecular flexibility index (Phi) is 2.79. The Hall–Kier alpha value is -1.11. The van der Waals surface area contributed by atoms with E-state index >= 15 is 0 Å². The van der Waals surface area contributed by atoms with Gasteiger partial charge < -0.3 is 0 Å². The molecular formula is C13H18O. The molecule has 1 nitrogen and oxygen atoms in total. The zero-order valence-electron chi connectivity index (χ0n) is 9.64. The summed E-state index contributed by atoms with van der Waals surface area (Å²) in [6, 6.07) is 5.89. The molecule has 0 amide bonds. The summed E-state index contributed by atoms with van der Waals surface area (Å²) in [5.74, 6) is 0.221. The lowest BCUT2D eigenvalue weighted by Gasteiger charge is -2.18. The highest BCUT2D eigenvalue weighted by atomic mass is 16.1. The van der Waals surface area contributed by atoms with Crippen molar-refractivity contribution in [2.45, 2.75) is 34.6 Å². The molecule has 0 spiro atoms. The van der Waals surface area contributed by atoms with Crippen molar-refractivity contribution in [3.8, 4) is 0 Å². The lowest BCUT2D eigenvalue weighted by Crippen LogP contribution is -2.21. The van der Waals surface area contributed by atoms with Crippen molar-refractivity contribution in [1.82, 2.24) is 0 Å². The van der Waals surface area contributed by atoms with Gasteiger partial charge in [0.15, 0.2) is 5.78 Å². The Morgan fingerprint density at radius 2 is 1.71 bits per heavy atom. The molecule has 1 rings (SSSR count). The van der Waals surface area contributed by atoms with Crippen molar-refractivity contribution in [1.29, 1.82) is 0 Å². The molecule has 1 heteroatoms. The number of hydrogen-bond donors (Lipinski definition) is 0. The van der Waals surface area contributed by atoms with Gasteiger partial charge in [0.2, 0.25) is 0 Å². The van der Waals surface area contributed by atoms with E-state index in [0.29, 0.717) is 0 Å². The van der Waals surface area contributed by atoms with Crippen LogP contribution < -0.4 is 0 Å². The molecule has 0 unspecified atom stereocenters. The van der Waals surface area contributed by atoms with Gasteiger partial charge in [-0.3, -0.25) is 4.79 Å². The molecule has 0 fully saturated rings. The minimum Gasteiger partial charge on any atom is -0.294 e. The molecule has 0 aromatic heterocycles. The van der Waals surface area contributed by atoms with Crippen LogP contribution in [-0.2, 0) is 0 Å². The van der Waals surface area contributed by atoms with Crippen LogP contribution in [0.15, 0.2) is 18.2 Å². The van der Waals surface area contributed by atoms with Gasteiger partial charge in [-0.15, -0.1) is 0 Å². The first-order valence-corrected chi connectivity index (χ1v) is 4.95. The van der Waals surface area contributed by atoms with Gasteiger partial charge >= 0.3 is 0 Å². The first kappa shape index (κ1) is 11.0. The smallest absolute Gasteiger partial charge is 0.168 e. The van der Waals surface area contributed by atoms with Crippen molar-refractivity contribution in [3.05, 3.63) is 34.9 Å². The van der Waals surface area contributed by atoms with E-state index in [9.17, 15) is 4.79 Å². The van der Waals surface area contributed by atoms with Crippen molar-refractivity contribution in [3.63, 3.8) is 0 Å². The first-order valence-electron chi connectivity index (χ1n) is 4.95. The maximum Gasteiger partial charge on any atom is 0.168 e. The Bertz CT molecular complexity index is 356. The van der Waals surface area contributed by atoms with Gasteiger partial charge in [0.25, 0.3) is 0 Å². The van der Waals surface area contributed by atoms with Crippen molar-refractivity contribution >= 4 is 5.78 Å². The van der Waals surface area contributed by atoms with Crippen LogP contribution in [0.1, 0.15) is 42.3 Å². The van der Waals surface area contributed by atoms with Crippen LogP contribution in [0.4, 0.5) is 0 Å². The number of carbonyl (C=O) groups is 1. The summed E-state index contributed by atoms with van der Waals surface area (Å²) in [5, 5.41) is 0. The van der Waals surface area contributed by atoms with Gasteiger partial charge in [-0.05, 0) is 25.0 Å². The van der Waals surface area contributed by atoms with Crippen LogP contribution in [0.3, 0.4) is 0 Å². The van der Waals surface area contributed by atoms with Crippen molar-refractivity contribution < 1.29 is 4.79 Å². The first-order chi connectivity index (χ1) is 6.34. The molecule has 0 aliphatic rings. The zero-order chi connectivity index (χ0) is 10.9. The number of hydrogen-bond acceptors (Lipinski definition) is 1. The largest absolute Gasteiger partial charge is 0.294 e. The standard InChI is InChI=1S/C13H18O/c1-9-7-6-8-11(10(9)2)12(14)13(3,4)5/h6-8H,1-5H3. The van der Waals surface area contributed by atoms with Gasteiger partial charge in [0.05, 0.1) is 0 Å². The van der Waals surface area contributed by atoms with Crippen LogP contribution in [-0.4, -0.2) is 5.78 Å². The molecule has 0 atom stereocenters. The third-order valence-corrected chi connectivity index (χ3v) is 2.53. The summed E-state index contributed by atoms with van der Waals surface area (Å²) < 4.78 is 0. The Morgan fingerprint density at radius 1 is 1.14 bits per heavy atom. The number of aryl methyl sites for hydroxylation is 1. The SMILES string of the molecule is Cc1cccc(C(=O)C(C)(C)C)c1C. The number of ketones is 1. The second-order valence-electron chi connectivity index (χ2n) is 4.83. The van der Waals surface area contributed by atoms with Crippen LogP contribution in [0.5, 0.6) is 0 Å². The fourth-order valence-corrected chi connectivity index (χ4v) is 1.40. The number of Topliss-reactive ketones (excluding diaryl/α,β-unsaturated/α-hetero) is 1. The van der Waals surface area contributed by atoms with E-state index in [0.717, 1.165) is 11.1 Å². The summed E-state index contributed by atoms with van der Waals surface area (Å²) in [6.07, 6.45) is 0. The Labute approximate surface area is 86.1 Å². The summed E-state index contributed by atoms with van der Waals surface area (Å²) in [5.41, 5.74) is 2.85. The summed E-state index contributed by atoms with van der Waals surface area (Å²) in [4.78, 5) is 12.0. The molecule has 0 saturated carbocycles. The third kappa shape index (κ3) is 2.03. The number of rotatable bonds is 1. The second-order valence-corrected chi connectivity index (χ2v) is 4.83. The number of carbonyl (C=O) groups excluding carboxylic acids is 1. The van der Waals surface area contributed by atoms with Crippen LogP contribution >= 0.6 is 0 Å². The fourth-order valence-electron chi connectivity index (χ4n) is 1.40. The van der Waals surface area contributed by atoms with E-state index in [1.165, 1.54) is 5.56 Å². The average molecular weight is 190 g/mol. The molecule has 76 valence electrons. The molecule has 0 aliphatic carbocycles. The molecule has 0 aliphatic heterocycles. The lowest BCUT2D eigenvalue weighted by atomic mass is 9.84. The van der Waals surface area contributed by atoms with Gasteiger partial charge in [-0.25, -0.2) is 0 Å². The Balaban J connectivity index is 3.21. The molecule has 0 N–H and O–H groups in total. The molecule has 0 radical (unpaired) electrons. The normalized spacial score (nSPS) is 11.5. The monoisotopic (exact) mass is 190 g/mol. The van der Waals surface area contributed by atoms with Gasteiger partial charge in [-0.2, -0.15) is 0 Å². The maximum absolute atomic E-state index is 12.0. The highest BCUT2D eigenvalue weighted by Gasteiger charge is 2.24. The highest BCUT2D eigenvalue weighted by Crippen LogP contribution is 2.24. The summed E-state index contributed by atoms with van der Waals surface area (Å²) >= 11 is 0. The molecule has 1 aromatic carbocycles. The highest BCUT2D eigenvalue weighted by molar-refractivity contribution is 6.01. The molecule has 0 bridgehead atoms. The van der Waals surface area contributed by atoms with E-state index in [2.05, 4.69) is 0 Å². The quantitative estimate of drug-likeness (QED) is 0.619. The third-order valence-electron chi connectivity index (χ3n) is 2.53. The topological polar surface area (TPSA) is 17.1 Å². The lowest BCUT2D eigenvalue weighted by molar-refractivity contribution is 0.0857. The van der Waals surface area contributed by atoms with Gasteiger partial charge in [-0.1, -0.05) is 39.0 Å². The van der Waals surface area contributed by atoms with E-state index in [-0.39, 0.29) is 11.2 Å². The van der Waals surface area contributed by atoms with Crippen LogP contribution in [0.25, 0.3) is 0 Å². The predicted octanol–water partition coefficient (Wildman–Crippen LogP) is 3.53. The predicted molar refractivity (Wildman–Crippen MR) is 59.7 cm³/mol. The second kappa shape index (κ2) is 3.56. The van der Waals surface area contributed by atoms with E-state index < -0.39 is 0 Å². The van der Waals surface area contributed by atoms with E-state index in [1.807, 2.05) is 52.8 Å². The molecule has 0 saturated heterocycles. The Morgan fingerprint density at radius 3 is 2.21 bits per heavy atom. The van der Waals surface area contributed by atoms with E-state index in [4.69, 9.17) is 0 Å². The minimum absolute atomic E-state index is 0.221. The summed E-state index contributed by atoms with van der Waals surface area (Å²) in [7, 11) is 0. The van der Waals surface area contributed by atoms with Crippen LogP contribution in [0.2, 0.25) is 0 Å². The molecule has 0 heterocycles. The number of benzene rings is 1. The zero-order valence-corrected chi connectivity index (χ0v) is 9.64. The van der Waals surface area contributed by atoms with E-state index in [1.54, 1.807) is 0 Å². The minimum atomic E-state index is -0.293. The molecule has 14 heavy (non-hydrogen) atoms. The van der Waals surface area contributed by atoms with Gasteiger partial charge in [0.1, 0.15) is 0 Å². The maximum atomic E-state index is 12.0. The van der Waals surface area contributed by atoms with Crippen molar-refractivity contribution in [2.24, 2.45) is 5.41 Å². The fraction of sp³-hybridized carbons (Fsp3) is 0.462. The average Bonchev–Trinajstić information content (AvgIpc) is 2.07. The van der Waals surface area contributed by atoms with Crippen LogP contribution in [0, 0.1) is 19.3 Å².